The lowest BCUT2D eigenvalue weighted by Gasteiger charge is -2.36. The zero-order valence-corrected chi connectivity index (χ0v) is 19.9. The molecule has 5 aromatic rings. The molecule has 0 amide bonds. The van der Waals surface area contributed by atoms with E-state index < -0.39 is 5.60 Å². The monoisotopic (exact) mass is 464 g/mol. The minimum Gasteiger partial charge on any atom is -0.497 e. The molecule has 0 N–H and O–H groups in total. The van der Waals surface area contributed by atoms with Crippen LogP contribution in [0.2, 0.25) is 0 Å². The lowest BCUT2D eigenvalue weighted by atomic mass is 9.82. The summed E-state index contributed by atoms with van der Waals surface area (Å²) in [4.78, 5) is 0. The summed E-state index contributed by atoms with van der Waals surface area (Å²) in [6.45, 7) is 0. The van der Waals surface area contributed by atoms with Gasteiger partial charge in [0.25, 0.3) is 0 Å². The third-order valence-electron chi connectivity index (χ3n) is 7.33. The van der Waals surface area contributed by atoms with Crippen molar-refractivity contribution in [1.29, 1.82) is 0 Å². The van der Waals surface area contributed by atoms with Crippen LogP contribution in [-0.2, 0) is 5.60 Å². The van der Waals surface area contributed by atoms with Gasteiger partial charge in [-0.15, -0.1) is 0 Å². The highest BCUT2D eigenvalue weighted by atomic mass is 16.5. The number of hydrogen-bond acceptors (Lipinski definition) is 2. The van der Waals surface area contributed by atoms with Crippen LogP contribution >= 0.6 is 0 Å². The minimum atomic E-state index is -0.726. The van der Waals surface area contributed by atoms with E-state index in [-0.39, 0.29) is 0 Å². The molecule has 0 fully saturated rings. The number of benzene rings is 5. The highest BCUT2D eigenvalue weighted by Gasteiger charge is 2.48. The van der Waals surface area contributed by atoms with Gasteiger partial charge in [0.2, 0.25) is 0 Å². The zero-order valence-electron chi connectivity index (χ0n) is 19.9. The molecule has 0 saturated carbocycles. The second-order valence-corrected chi connectivity index (χ2v) is 9.26. The van der Waals surface area contributed by atoms with Gasteiger partial charge in [0.1, 0.15) is 11.5 Å². The van der Waals surface area contributed by atoms with Gasteiger partial charge >= 0.3 is 0 Å². The van der Waals surface area contributed by atoms with Gasteiger partial charge in [0, 0.05) is 16.7 Å². The third-order valence-corrected chi connectivity index (χ3v) is 7.33. The van der Waals surface area contributed by atoms with Gasteiger partial charge in [-0.25, -0.2) is 0 Å². The van der Waals surface area contributed by atoms with E-state index in [1.165, 1.54) is 27.8 Å². The van der Waals surface area contributed by atoms with E-state index in [1.807, 2.05) is 6.07 Å². The SMILES string of the molecule is COc1ccc2c3c(ccc2c1)OC1(C=C3)C(c2ccccc2)=C(c2ccccc2)c2ccccc21. The summed E-state index contributed by atoms with van der Waals surface area (Å²) in [5, 5.41) is 2.28. The Bertz CT molecular complexity index is 1680. The molecule has 0 aromatic heterocycles. The summed E-state index contributed by atoms with van der Waals surface area (Å²) >= 11 is 0. The van der Waals surface area contributed by atoms with Crippen LogP contribution in [0.5, 0.6) is 11.5 Å². The summed E-state index contributed by atoms with van der Waals surface area (Å²) in [7, 11) is 1.70. The molecule has 36 heavy (non-hydrogen) atoms. The van der Waals surface area contributed by atoms with Gasteiger partial charge in [-0.05, 0) is 69.5 Å². The van der Waals surface area contributed by atoms with E-state index in [2.05, 4.69) is 121 Å². The van der Waals surface area contributed by atoms with Crippen LogP contribution in [0.1, 0.15) is 27.8 Å². The maximum Gasteiger partial charge on any atom is 0.179 e. The van der Waals surface area contributed by atoms with Gasteiger partial charge in [-0.3, -0.25) is 0 Å². The quantitative estimate of drug-likeness (QED) is 0.268. The number of methoxy groups -OCH3 is 1. The fraction of sp³-hybridized carbons (Fsp3) is 0.0588. The van der Waals surface area contributed by atoms with Crippen LogP contribution < -0.4 is 9.47 Å². The van der Waals surface area contributed by atoms with E-state index in [9.17, 15) is 0 Å². The second-order valence-electron chi connectivity index (χ2n) is 9.26. The molecule has 7 rings (SSSR count). The molecule has 1 spiro atoms. The standard InChI is InChI=1S/C34H24O2/c1-35-26-17-18-27-25(22-26)16-19-31-28(27)20-21-34(36-31)30-15-9-8-14-29(30)32(23-10-4-2-5-11-23)33(34)24-12-6-3-7-13-24/h2-22H,1H3. The molecular formula is C34H24O2. The predicted octanol–water partition coefficient (Wildman–Crippen LogP) is 8.12. The van der Waals surface area contributed by atoms with E-state index >= 15 is 0 Å². The van der Waals surface area contributed by atoms with Gasteiger partial charge in [0.05, 0.1) is 7.11 Å². The van der Waals surface area contributed by atoms with Crippen molar-refractivity contribution < 1.29 is 9.47 Å². The van der Waals surface area contributed by atoms with Crippen LogP contribution in [0, 0.1) is 0 Å². The zero-order chi connectivity index (χ0) is 24.1. The normalized spacial score (nSPS) is 17.7. The summed E-state index contributed by atoms with van der Waals surface area (Å²) in [6.07, 6.45) is 4.48. The van der Waals surface area contributed by atoms with E-state index in [4.69, 9.17) is 9.47 Å². The maximum atomic E-state index is 7.11. The van der Waals surface area contributed by atoms with Crippen molar-refractivity contribution in [3.8, 4) is 11.5 Å². The molecule has 0 saturated heterocycles. The summed E-state index contributed by atoms with van der Waals surface area (Å²) in [5.74, 6) is 1.74. The largest absolute Gasteiger partial charge is 0.497 e. The topological polar surface area (TPSA) is 18.5 Å². The van der Waals surface area contributed by atoms with Crippen molar-refractivity contribution in [2.24, 2.45) is 0 Å². The van der Waals surface area contributed by atoms with Crippen molar-refractivity contribution in [2.45, 2.75) is 5.60 Å². The summed E-state index contributed by atoms with van der Waals surface area (Å²) < 4.78 is 12.6. The molecule has 1 unspecified atom stereocenters. The summed E-state index contributed by atoms with van der Waals surface area (Å²) in [6, 6.07) is 40.3. The van der Waals surface area contributed by atoms with Crippen LogP contribution in [0.3, 0.4) is 0 Å². The Kier molecular flexibility index (Phi) is 4.62. The van der Waals surface area contributed by atoms with Gasteiger partial charge < -0.3 is 9.47 Å². The molecule has 0 bridgehead atoms. The molecule has 1 aliphatic heterocycles. The van der Waals surface area contributed by atoms with Crippen molar-refractivity contribution in [3.05, 3.63) is 149 Å². The molecule has 1 heterocycles. The number of fused-ring (bicyclic) bond motifs is 5. The molecule has 5 aromatic carbocycles. The first-order valence-corrected chi connectivity index (χ1v) is 12.2. The van der Waals surface area contributed by atoms with Gasteiger partial charge in [0.15, 0.2) is 5.60 Å². The number of hydrogen-bond donors (Lipinski definition) is 0. The van der Waals surface area contributed by atoms with Gasteiger partial charge in [-0.2, -0.15) is 0 Å². The van der Waals surface area contributed by atoms with Crippen molar-refractivity contribution in [2.75, 3.05) is 7.11 Å². The maximum absolute atomic E-state index is 7.11. The Morgan fingerprint density at radius 1 is 0.694 bits per heavy atom. The lowest BCUT2D eigenvalue weighted by Crippen LogP contribution is -2.32. The van der Waals surface area contributed by atoms with E-state index in [1.54, 1.807) is 7.11 Å². The van der Waals surface area contributed by atoms with E-state index in [0.717, 1.165) is 33.4 Å². The van der Waals surface area contributed by atoms with Crippen LogP contribution in [0.15, 0.2) is 121 Å². The lowest BCUT2D eigenvalue weighted by molar-refractivity contribution is 0.183. The van der Waals surface area contributed by atoms with Crippen molar-refractivity contribution >= 4 is 28.0 Å². The van der Waals surface area contributed by atoms with Crippen LogP contribution in [0.4, 0.5) is 0 Å². The van der Waals surface area contributed by atoms with Crippen molar-refractivity contribution in [3.63, 3.8) is 0 Å². The highest BCUT2D eigenvalue weighted by Crippen LogP contribution is 2.57. The Morgan fingerprint density at radius 3 is 2.19 bits per heavy atom. The minimum absolute atomic E-state index is 0.726. The number of ether oxygens (including phenoxy) is 2. The van der Waals surface area contributed by atoms with Crippen LogP contribution in [-0.4, -0.2) is 7.11 Å². The number of rotatable bonds is 3. The predicted molar refractivity (Wildman–Crippen MR) is 147 cm³/mol. The molecule has 2 aliphatic rings. The summed E-state index contributed by atoms with van der Waals surface area (Å²) in [5.41, 5.74) is 7.49. The molecule has 1 atom stereocenters. The Labute approximate surface area is 210 Å². The smallest absolute Gasteiger partial charge is 0.179 e. The molecular weight excluding hydrogens is 440 g/mol. The fourth-order valence-electron chi connectivity index (χ4n) is 5.74. The Morgan fingerprint density at radius 2 is 1.42 bits per heavy atom. The first-order chi connectivity index (χ1) is 17.8. The van der Waals surface area contributed by atoms with E-state index in [0.29, 0.717) is 0 Å². The van der Waals surface area contributed by atoms with Crippen molar-refractivity contribution in [1.82, 2.24) is 0 Å². The molecule has 1 aliphatic carbocycles. The second kappa shape index (κ2) is 8.00. The first kappa shape index (κ1) is 20.8. The highest BCUT2D eigenvalue weighted by molar-refractivity contribution is 6.09. The fourth-order valence-corrected chi connectivity index (χ4v) is 5.74. The Balaban J connectivity index is 1.51. The Hall–Kier alpha value is -4.56. The molecule has 2 heteroatoms. The van der Waals surface area contributed by atoms with Crippen LogP contribution in [0.25, 0.3) is 28.0 Å². The molecule has 172 valence electrons. The average Bonchev–Trinajstić information content (AvgIpc) is 3.23. The van der Waals surface area contributed by atoms with Gasteiger partial charge in [-0.1, -0.05) is 91.0 Å². The first-order valence-electron chi connectivity index (χ1n) is 12.2. The third kappa shape index (κ3) is 2.98. The molecule has 0 radical (unpaired) electrons. The average molecular weight is 465 g/mol. The molecule has 2 nitrogen and oxygen atoms in total.